The lowest BCUT2D eigenvalue weighted by molar-refractivity contribution is 0.0502. The summed E-state index contributed by atoms with van der Waals surface area (Å²) >= 11 is 7.94. The van der Waals surface area contributed by atoms with Crippen LogP contribution in [-0.2, 0) is 18.2 Å². The number of halogens is 3. The Balaban J connectivity index is 1.93. The van der Waals surface area contributed by atoms with Crippen molar-refractivity contribution >= 4 is 46.4 Å². The number of nitrogens with zero attached hydrogens (tertiary/aromatic N) is 4. The maximum Gasteiger partial charge on any atom is 0.408 e. The van der Waals surface area contributed by atoms with Crippen LogP contribution in [0.2, 0.25) is 5.02 Å². The first-order chi connectivity index (χ1) is 18.9. The Labute approximate surface area is 239 Å². The van der Waals surface area contributed by atoms with Crippen LogP contribution in [0.4, 0.5) is 19.4 Å². The number of aromatic nitrogens is 3. The number of carbonyl (C=O) groups excluding carboxylic acids is 1. The molecule has 0 spiro atoms. The quantitative estimate of drug-likeness (QED) is 0.227. The van der Waals surface area contributed by atoms with E-state index < -0.39 is 29.4 Å². The first kappa shape index (κ1) is 29.1. The zero-order valence-electron chi connectivity index (χ0n) is 22.5. The molecular weight excluding hydrogens is 558 g/mol. The van der Waals surface area contributed by atoms with E-state index in [1.54, 1.807) is 50.7 Å². The molecule has 40 heavy (non-hydrogen) atoms. The Morgan fingerprint density at radius 1 is 1.20 bits per heavy atom. The van der Waals surface area contributed by atoms with Crippen LogP contribution in [0.15, 0.2) is 42.6 Å². The van der Waals surface area contributed by atoms with Crippen molar-refractivity contribution in [2.75, 3.05) is 11.0 Å². The number of anilines is 1. The fourth-order valence-electron chi connectivity index (χ4n) is 4.42. The van der Waals surface area contributed by atoms with Crippen molar-refractivity contribution in [2.45, 2.75) is 38.8 Å². The summed E-state index contributed by atoms with van der Waals surface area (Å²) in [4.78, 5) is 17.5. The van der Waals surface area contributed by atoms with Gasteiger partial charge in [0.05, 0.1) is 33.2 Å². The van der Waals surface area contributed by atoms with Gasteiger partial charge in [-0.05, 0) is 57.0 Å². The second-order valence-electron chi connectivity index (χ2n) is 10.0. The molecular formula is C28H27ClF2N6O2S. The molecule has 2 N–H and O–H groups in total. The molecule has 0 aliphatic heterocycles. The lowest BCUT2D eigenvalue weighted by atomic mass is 9.93. The van der Waals surface area contributed by atoms with E-state index in [4.69, 9.17) is 16.3 Å². The summed E-state index contributed by atoms with van der Waals surface area (Å²) in [5, 5.41) is 18.2. The number of nitriles is 1. The van der Waals surface area contributed by atoms with Gasteiger partial charge in [-0.15, -0.1) is 0 Å². The third-order valence-corrected chi connectivity index (χ3v) is 6.57. The first-order valence-electron chi connectivity index (χ1n) is 12.2. The van der Waals surface area contributed by atoms with Gasteiger partial charge in [0.1, 0.15) is 23.3 Å². The van der Waals surface area contributed by atoms with Gasteiger partial charge in [-0.25, -0.2) is 13.6 Å². The highest BCUT2D eigenvalue weighted by atomic mass is 35.5. The summed E-state index contributed by atoms with van der Waals surface area (Å²) in [5.74, 6) is -0.939. The molecule has 0 aliphatic rings. The average molecular weight is 585 g/mol. The summed E-state index contributed by atoms with van der Waals surface area (Å²) in [5.41, 5.74) is 1.96. The number of carbonyl (C=O) groups is 1. The van der Waals surface area contributed by atoms with Gasteiger partial charge in [-0.3, -0.25) is 9.67 Å². The third kappa shape index (κ3) is 6.46. The molecule has 0 bridgehead atoms. The summed E-state index contributed by atoms with van der Waals surface area (Å²) in [7, 11) is 1.76. The van der Waals surface area contributed by atoms with Crippen LogP contribution in [0, 0.1) is 23.0 Å². The number of amides is 1. The molecule has 0 radical (unpaired) electrons. The zero-order chi connectivity index (χ0) is 29.2. The van der Waals surface area contributed by atoms with Crippen LogP contribution >= 0.6 is 23.5 Å². The van der Waals surface area contributed by atoms with Gasteiger partial charge < -0.3 is 14.8 Å². The number of benzene rings is 2. The molecule has 1 atom stereocenters. The molecule has 1 unspecified atom stereocenters. The van der Waals surface area contributed by atoms with E-state index in [1.807, 2.05) is 6.26 Å². The number of alkyl carbamates (subject to hydrolysis) is 1. The van der Waals surface area contributed by atoms with Crippen LogP contribution in [-0.4, -0.2) is 32.7 Å². The van der Waals surface area contributed by atoms with Gasteiger partial charge in [-0.2, -0.15) is 10.4 Å². The topological polar surface area (TPSA) is 105 Å². The second kappa shape index (κ2) is 11.7. The molecule has 8 nitrogen and oxygen atoms in total. The first-order valence-corrected chi connectivity index (χ1v) is 13.8. The molecule has 2 aromatic heterocycles. The summed E-state index contributed by atoms with van der Waals surface area (Å²) in [6.07, 6.45) is 2.49. The van der Waals surface area contributed by atoms with E-state index in [0.29, 0.717) is 44.1 Å². The summed E-state index contributed by atoms with van der Waals surface area (Å²) in [6, 6.07) is 9.52. The van der Waals surface area contributed by atoms with Crippen molar-refractivity contribution in [1.29, 1.82) is 5.26 Å². The lowest BCUT2D eigenvalue weighted by Crippen LogP contribution is -2.36. The number of ether oxygens (including phenoxy) is 1. The van der Waals surface area contributed by atoms with E-state index >= 15 is 0 Å². The van der Waals surface area contributed by atoms with Gasteiger partial charge in [0.15, 0.2) is 5.82 Å². The van der Waals surface area contributed by atoms with Crippen LogP contribution in [0.25, 0.3) is 22.0 Å². The fraction of sp³-hybridized carbons (Fsp3) is 0.286. The van der Waals surface area contributed by atoms with E-state index in [1.165, 1.54) is 30.3 Å². The number of fused-ring (bicyclic) bond motifs is 1. The molecule has 2 heterocycles. The monoisotopic (exact) mass is 584 g/mol. The molecule has 0 saturated carbocycles. The summed E-state index contributed by atoms with van der Waals surface area (Å²) < 4.78 is 38.5. The Hall–Kier alpha value is -3.88. The molecule has 208 valence electrons. The molecule has 2 aromatic carbocycles. The van der Waals surface area contributed by atoms with Crippen LogP contribution in [0.3, 0.4) is 0 Å². The molecule has 4 rings (SSSR count). The van der Waals surface area contributed by atoms with Crippen LogP contribution in [0.5, 0.6) is 0 Å². The van der Waals surface area contributed by atoms with Gasteiger partial charge in [-0.1, -0.05) is 29.6 Å². The highest BCUT2D eigenvalue weighted by Crippen LogP contribution is 2.40. The molecule has 0 fully saturated rings. The third-order valence-electron chi connectivity index (χ3n) is 5.86. The largest absolute Gasteiger partial charge is 0.444 e. The minimum atomic E-state index is -0.887. The average Bonchev–Trinajstić information content (AvgIpc) is 3.18. The second-order valence-corrected chi connectivity index (χ2v) is 11.1. The molecule has 1 amide bonds. The van der Waals surface area contributed by atoms with E-state index in [0.717, 1.165) is 6.07 Å². The van der Waals surface area contributed by atoms with Crippen LogP contribution in [0.1, 0.15) is 43.6 Å². The molecule has 0 aliphatic carbocycles. The van der Waals surface area contributed by atoms with Crippen molar-refractivity contribution in [3.63, 3.8) is 0 Å². The zero-order valence-corrected chi connectivity index (χ0v) is 24.0. The SMILES string of the molecule is CSNc1nn(C)c2c(-c3cc(C#N)cnc3C(Cc3cc(F)cc(F)c3)NC(=O)OC(C)(C)C)ccc(Cl)c12. The van der Waals surface area contributed by atoms with Crippen molar-refractivity contribution in [3.05, 3.63) is 76.1 Å². The van der Waals surface area contributed by atoms with E-state index in [2.05, 4.69) is 26.2 Å². The number of nitrogens with one attached hydrogen (secondary N) is 2. The maximum atomic E-state index is 14.1. The fourth-order valence-corrected chi connectivity index (χ4v) is 5.00. The highest BCUT2D eigenvalue weighted by molar-refractivity contribution is 7.99. The predicted molar refractivity (Wildman–Crippen MR) is 153 cm³/mol. The smallest absolute Gasteiger partial charge is 0.408 e. The Morgan fingerprint density at radius 3 is 2.52 bits per heavy atom. The van der Waals surface area contributed by atoms with Crippen LogP contribution < -0.4 is 10.0 Å². The Morgan fingerprint density at radius 2 is 1.90 bits per heavy atom. The van der Waals surface area contributed by atoms with E-state index in [9.17, 15) is 18.8 Å². The van der Waals surface area contributed by atoms with Gasteiger partial charge in [0.2, 0.25) is 0 Å². The van der Waals surface area contributed by atoms with Crippen molar-refractivity contribution < 1.29 is 18.3 Å². The minimum absolute atomic E-state index is 0.0127. The standard InChI is InChI=1S/C28H27ClF2N6O2S/c1-28(2,3)39-27(38)34-22(11-15-8-17(30)12-18(31)9-15)24-20(10-16(13-32)14-33-24)19-6-7-21(29)23-25(19)37(4)35-26(23)36-40-5/h6-10,12,14,22H,11H2,1-5H3,(H,34,38)(H,35,36). The molecule has 0 saturated heterocycles. The van der Waals surface area contributed by atoms with Gasteiger partial charge >= 0.3 is 6.09 Å². The highest BCUT2D eigenvalue weighted by Gasteiger charge is 2.27. The number of pyridine rings is 1. The van der Waals surface area contributed by atoms with Gasteiger partial charge in [0, 0.05) is 36.7 Å². The van der Waals surface area contributed by atoms with Crippen molar-refractivity contribution in [1.82, 2.24) is 20.1 Å². The Bertz CT molecular complexity index is 1610. The van der Waals surface area contributed by atoms with Crippen molar-refractivity contribution in [2.24, 2.45) is 7.05 Å². The normalized spacial score (nSPS) is 12.2. The Kier molecular flexibility index (Phi) is 8.51. The molecule has 4 aromatic rings. The number of hydrogen-bond donors (Lipinski definition) is 2. The van der Waals surface area contributed by atoms with Gasteiger partial charge in [0.25, 0.3) is 0 Å². The van der Waals surface area contributed by atoms with Crippen molar-refractivity contribution in [3.8, 4) is 17.2 Å². The maximum absolute atomic E-state index is 14.1. The lowest BCUT2D eigenvalue weighted by Gasteiger charge is -2.25. The van der Waals surface area contributed by atoms with E-state index in [-0.39, 0.29) is 12.0 Å². The minimum Gasteiger partial charge on any atom is -0.444 e. The number of aryl methyl sites for hydroxylation is 1. The molecule has 12 heteroatoms. The predicted octanol–water partition coefficient (Wildman–Crippen LogP) is 6.94. The number of rotatable bonds is 7. The summed E-state index contributed by atoms with van der Waals surface area (Å²) in [6.45, 7) is 5.17. The number of hydrogen-bond acceptors (Lipinski definition) is 7.